The molecule has 1 heterocycles. The fraction of sp³-hybridized carbons (Fsp3) is 0.273. The highest BCUT2D eigenvalue weighted by Gasteiger charge is 2.29. The second-order valence-corrected chi connectivity index (χ2v) is 3.91. The monoisotopic (exact) mass is 206 g/mol. The third kappa shape index (κ3) is 1.09. The molecule has 0 unspecified atom stereocenters. The summed E-state index contributed by atoms with van der Waals surface area (Å²) < 4.78 is 4.92. The minimum Gasteiger partial charge on any atom is -0.410 e. The van der Waals surface area contributed by atoms with Crippen molar-refractivity contribution in [1.29, 1.82) is 0 Å². The molecule has 0 amide bonds. The number of esters is 1. The van der Waals surface area contributed by atoms with Crippen LogP contribution in [0.2, 0.25) is 0 Å². The van der Waals surface area contributed by atoms with Gasteiger partial charge < -0.3 is 4.74 Å². The average Bonchev–Trinajstić information content (AvgIpc) is 2.38. The van der Waals surface area contributed by atoms with Crippen LogP contribution >= 0.6 is 12.2 Å². The van der Waals surface area contributed by atoms with Crippen LogP contribution in [0.3, 0.4) is 0 Å². The number of cyclic esters (lactones) is 1. The number of carbonyl (C=O) groups is 1. The molecule has 0 saturated carbocycles. The molecule has 0 fully saturated rings. The van der Waals surface area contributed by atoms with E-state index >= 15 is 0 Å². The van der Waals surface area contributed by atoms with Crippen molar-refractivity contribution in [3.63, 3.8) is 0 Å². The van der Waals surface area contributed by atoms with E-state index < -0.39 is 0 Å². The Morgan fingerprint density at radius 3 is 2.50 bits per heavy atom. The van der Waals surface area contributed by atoms with Crippen molar-refractivity contribution in [2.75, 3.05) is 0 Å². The Balaban J connectivity index is 2.82. The molecule has 0 aromatic heterocycles. The first-order chi connectivity index (χ1) is 6.52. The van der Waals surface area contributed by atoms with Gasteiger partial charge in [-0.1, -0.05) is 0 Å². The molecule has 0 radical (unpaired) electrons. The molecule has 1 aliphatic rings. The minimum absolute atomic E-state index is 0.302. The number of aryl methyl sites for hydroxylation is 1. The van der Waals surface area contributed by atoms with Gasteiger partial charge in [-0.2, -0.15) is 0 Å². The van der Waals surface area contributed by atoms with Crippen molar-refractivity contribution < 1.29 is 9.53 Å². The van der Waals surface area contributed by atoms with Crippen molar-refractivity contribution in [3.8, 4) is 0 Å². The van der Waals surface area contributed by atoms with Crippen LogP contribution in [0, 0.1) is 20.8 Å². The Hall–Kier alpha value is -1.22. The van der Waals surface area contributed by atoms with Crippen molar-refractivity contribution in [3.05, 3.63) is 33.9 Å². The van der Waals surface area contributed by atoms with Gasteiger partial charge in [0, 0.05) is 5.56 Å². The Morgan fingerprint density at radius 2 is 1.86 bits per heavy atom. The zero-order valence-corrected chi connectivity index (χ0v) is 9.12. The maximum Gasteiger partial charge on any atom is 0.345 e. The lowest BCUT2D eigenvalue weighted by Crippen LogP contribution is -2.00. The van der Waals surface area contributed by atoms with Gasteiger partial charge in [0.15, 0.2) is 0 Å². The van der Waals surface area contributed by atoms with Crippen LogP contribution in [-0.4, -0.2) is 11.0 Å². The molecule has 0 atom stereocenters. The van der Waals surface area contributed by atoms with Crippen LogP contribution < -0.4 is 0 Å². The van der Waals surface area contributed by atoms with E-state index in [0.717, 1.165) is 22.3 Å². The predicted molar refractivity (Wildman–Crippen MR) is 57.8 cm³/mol. The first-order valence-corrected chi connectivity index (χ1v) is 4.80. The summed E-state index contributed by atoms with van der Waals surface area (Å²) in [7, 11) is 0. The van der Waals surface area contributed by atoms with E-state index in [1.165, 1.54) is 0 Å². The standard InChI is InChI=1S/C11H10O2S/c1-5-4-8-9(7(3)6(5)2)10(12)13-11(8)14/h4H,1-3H3. The first kappa shape index (κ1) is 9.34. The molecule has 14 heavy (non-hydrogen) atoms. The number of benzene rings is 1. The van der Waals surface area contributed by atoms with Gasteiger partial charge in [-0.05, 0) is 55.7 Å². The van der Waals surface area contributed by atoms with Gasteiger partial charge in [-0.3, -0.25) is 0 Å². The third-order valence-electron chi connectivity index (χ3n) is 2.77. The molecule has 0 N–H and O–H groups in total. The van der Waals surface area contributed by atoms with Crippen LogP contribution in [0.1, 0.15) is 32.6 Å². The SMILES string of the molecule is Cc1cc2c(c(C)c1C)C(=O)OC2=S. The van der Waals surface area contributed by atoms with Crippen molar-refractivity contribution >= 4 is 23.2 Å². The lowest BCUT2D eigenvalue weighted by molar-refractivity contribution is 0.0741. The zero-order valence-electron chi connectivity index (χ0n) is 8.30. The molecule has 0 aliphatic carbocycles. The summed E-state index contributed by atoms with van der Waals surface area (Å²) in [4.78, 5) is 11.5. The fourth-order valence-electron chi connectivity index (χ4n) is 1.70. The molecule has 0 bridgehead atoms. The summed E-state index contributed by atoms with van der Waals surface area (Å²) in [6, 6.07) is 1.92. The van der Waals surface area contributed by atoms with E-state index in [0.29, 0.717) is 10.6 Å². The predicted octanol–water partition coefficient (Wildman–Crippen LogP) is 2.46. The van der Waals surface area contributed by atoms with Gasteiger partial charge >= 0.3 is 5.97 Å². The van der Waals surface area contributed by atoms with Crippen LogP contribution in [0.4, 0.5) is 0 Å². The molecule has 2 rings (SSSR count). The molecule has 1 aliphatic heterocycles. The van der Waals surface area contributed by atoms with E-state index in [-0.39, 0.29) is 5.97 Å². The summed E-state index contributed by atoms with van der Waals surface area (Å²) in [5.74, 6) is -0.314. The molecular formula is C11H10O2S. The number of fused-ring (bicyclic) bond motifs is 1. The lowest BCUT2D eigenvalue weighted by atomic mass is 9.95. The van der Waals surface area contributed by atoms with Gasteiger partial charge in [0.1, 0.15) is 0 Å². The smallest absolute Gasteiger partial charge is 0.345 e. The second-order valence-electron chi connectivity index (χ2n) is 3.54. The largest absolute Gasteiger partial charge is 0.410 e. The maximum absolute atomic E-state index is 11.5. The van der Waals surface area contributed by atoms with E-state index in [2.05, 4.69) is 0 Å². The summed E-state index contributed by atoms with van der Waals surface area (Å²) in [5, 5.41) is 0.302. The fourth-order valence-corrected chi connectivity index (χ4v) is 1.93. The van der Waals surface area contributed by atoms with Gasteiger partial charge in [0.05, 0.1) is 5.56 Å². The van der Waals surface area contributed by atoms with Gasteiger partial charge in [0.2, 0.25) is 5.05 Å². The number of hydrogen-bond acceptors (Lipinski definition) is 3. The minimum atomic E-state index is -0.314. The lowest BCUT2D eigenvalue weighted by Gasteiger charge is -2.07. The van der Waals surface area contributed by atoms with E-state index in [1.807, 2.05) is 26.8 Å². The van der Waals surface area contributed by atoms with Gasteiger partial charge in [-0.15, -0.1) is 0 Å². The van der Waals surface area contributed by atoms with Gasteiger partial charge in [-0.25, -0.2) is 4.79 Å². The molecule has 1 aromatic carbocycles. The molecule has 3 heteroatoms. The molecular weight excluding hydrogens is 196 g/mol. The average molecular weight is 206 g/mol. The van der Waals surface area contributed by atoms with Crippen LogP contribution in [0.5, 0.6) is 0 Å². The Morgan fingerprint density at radius 1 is 1.21 bits per heavy atom. The van der Waals surface area contributed by atoms with E-state index in [4.69, 9.17) is 17.0 Å². The molecule has 0 saturated heterocycles. The topological polar surface area (TPSA) is 26.3 Å². The molecule has 1 aromatic rings. The highest BCUT2D eigenvalue weighted by Crippen LogP contribution is 2.28. The maximum atomic E-state index is 11.5. The Labute approximate surface area is 87.9 Å². The van der Waals surface area contributed by atoms with Crippen molar-refractivity contribution in [1.82, 2.24) is 0 Å². The summed E-state index contributed by atoms with van der Waals surface area (Å²) in [6.45, 7) is 5.93. The van der Waals surface area contributed by atoms with Gasteiger partial charge in [0.25, 0.3) is 0 Å². The summed E-state index contributed by atoms with van der Waals surface area (Å²) >= 11 is 4.97. The first-order valence-electron chi connectivity index (χ1n) is 4.39. The van der Waals surface area contributed by atoms with Crippen LogP contribution in [0.25, 0.3) is 0 Å². The van der Waals surface area contributed by atoms with Crippen LogP contribution in [-0.2, 0) is 4.74 Å². The van der Waals surface area contributed by atoms with E-state index in [9.17, 15) is 4.79 Å². The second kappa shape index (κ2) is 2.89. The molecule has 2 nitrogen and oxygen atoms in total. The van der Waals surface area contributed by atoms with Crippen molar-refractivity contribution in [2.45, 2.75) is 20.8 Å². The van der Waals surface area contributed by atoms with E-state index in [1.54, 1.807) is 0 Å². The highest BCUT2D eigenvalue weighted by molar-refractivity contribution is 7.80. The number of thiocarbonyl (C=S) groups is 1. The molecule has 0 spiro atoms. The molecule has 72 valence electrons. The Kier molecular flexibility index (Phi) is 1.93. The van der Waals surface area contributed by atoms with Crippen LogP contribution in [0.15, 0.2) is 6.07 Å². The van der Waals surface area contributed by atoms with Crippen molar-refractivity contribution in [2.24, 2.45) is 0 Å². The third-order valence-corrected chi connectivity index (χ3v) is 3.07. The summed E-state index contributed by atoms with van der Waals surface area (Å²) in [6.07, 6.45) is 0. The quantitative estimate of drug-likeness (QED) is 0.482. The summed E-state index contributed by atoms with van der Waals surface area (Å²) in [5.41, 5.74) is 4.65. The highest BCUT2D eigenvalue weighted by atomic mass is 32.1. The number of ether oxygens (including phenoxy) is 1. The zero-order chi connectivity index (χ0) is 10.5. The Bertz CT molecular complexity index is 461. The number of hydrogen-bond donors (Lipinski definition) is 0. The number of carbonyl (C=O) groups excluding carboxylic acids is 1. The number of rotatable bonds is 0. The normalized spacial score (nSPS) is 14.2.